The van der Waals surface area contributed by atoms with E-state index in [2.05, 4.69) is 6.92 Å². The van der Waals surface area contributed by atoms with Gasteiger partial charge in [-0.15, -0.1) is 0 Å². The summed E-state index contributed by atoms with van der Waals surface area (Å²) in [5.74, 6) is 0. The molecule has 1 nitrogen and oxygen atoms in total. The van der Waals surface area contributed by atoms with Crippen LogP contribution in [0.25, 0.3) is 0 Å². The van der Waals surface area contributed by atoms with Crippen LogP contribution >= 0.6 is 0 Å². The Morgan fingerprint density at radius 1 is 0.824 bits per heavy atom. The van der Waals surface area contributed by atoms with E-state index < -0.39 is 8.56 Å². The molecular weight excluding hydrogens is 289 g/mol. The predicted octanol–water partition coefficient (Wildman–Crippen LogP) is 0.103. The van der Waals surface area contributed by atoms with Crippen molar-refractivity contribution in [2.24, 2.45) is 0 Å². The van der Waals surface area contributed by atoms with Crippen LogP contribution in [0.3, 0.4) is 0 Å². The van der Waals surface area contributed by atoms with Crippen molar-refractivity contribution >= 4 is 43.5 Å². The summed E-state index contributed by atoms with van der Waals surface area (Å²) >= 11 is 0. The van der Waals surface area contributed by atoms with E-state index in [4.69, 9.17) is 4.12 Å². The molecule has 1 saturated heterocycles. The number of hydrogen-bond acceptors (Lipinski definition) is 1. The fourth-order valence-electron chi connectivity index (χ4n) is 2.72. The lowest BCUT2D eigenvalue weighted by molar-refractivity contribution is 0.566. The molecule has 0 saturated carbocycles. The molecule has 0 aromatic heterocycles. The summed E-state index contributed by atoms with van der Waals surface area (Å²) in [4.78, 5) is 0. The molecule has 0 spiro atoms. The highest BCUT2D eigenvalue weighted by atomic mass is 29.9. The summed E-state index contributed by atoms with van der Waals surface area (Å²) in [6.07, 6.45) is 13.4. The minimum absolute atomic E-state index is 0.202. The molecule has 17 heavy (non-hydrogen) atoms. The van der Waals surface area contributed by atoms with Gasteiger partial charge >= 0.3 is 0 Å². The van der Waals surface area contributed by atoms with Crippen molar-refractivity contribution in [2.75, 3.05) is 0 Å². The Morgan fingerprint density at radius 3 is 2.06 bits per heavy atom. The normalized spacial score (nSPS) is 26.3. The molecule has 0 amide bonds. The quantitative estimate of drug-likeness (QED) is 0.410. The molecule has 0 bridgehead atoms. The standard InChI is InChI=1S/C11H32OSi5/c1-2-3-4-5-6-7-8-9-10-11-17-12-13-14-15-16-17/h17H,2-11,13-16H2,1H3. The van der Waals surface area contributed by atoms with Gasteiger partial charge in [-0.2, -0.15) is 0 Å². The number of rotatable bonds is 10. The third-order valence-electron chi connectivity index (χ3n) is 3.90. The molecule has 1 unspecified atom stereocenters. The lowest BCUT2D eigenvalue weighted by Crippen LogP contribution is -2.43. The van der Waals surface area contributed by atoms with Crippen LogP contribution in [-0.4, -0.2) is 43.5 Å². The fraction of sp³-hybridized carbons (Fsp3) is 1.00. The molecule has 0 aliphatic carbocycles. The van der Waals surface area contributed by atoms with Gasteiger partial charge in [-0.3, -0.25) is 0 Å². The Morgan fingerprint density at radius 2 is 1.47 bits per heavy atom. The highest BCUT2D eigenvalue weighted by Crippen LogP contribution is 2.11. The largest absolute Gasteiger partial charge is 0.469 e. The maximum absolute atomic E-state index is 6.19. The smallest absolute Gasteiger partial charge is 0.139 e. The highest BCUT2D eigenvalue weighted by Gasteiger charge is 2.15. The molecule has 102 valence electrons. The summed E-state index contributed by atoms with van der Waals surface area (Å²) in [5.41, 5.74) is 0. The molecule has 1 atom stereocenters. The van der Waals surface area contributed by atoms with E-state index in [1.807, 2.05) is 0 Å². The molecule has 1 aliphatic rings. The van der Waals surface area contributed by atoms with Gasteiger partial charge in [0.25, 0.3) is 0 Å². The average Bonchev–Trinajstić information content (AvgIpc) is 2.38. The molecule has 1 heterocycles. The van der Waals surface area contributed by atoms with Gasteiger partial charge in [-0.05, 0) is 14.6 Å². The van der Waals surface area contributed by atoms with Crippen molar-refractivity contribution in [3.05, 3.63) is 0 Å². The van der Waals surface area contributed by atoms with Crippen LogP contribution in [-0.2, 0) is 4.12 Å². The maximum atomic E-state index is 6.19. The molecule has 1 aliphatic heterocycles. The minimum atomic E-state index is -0.403. The van der Waals surface area contributed by atoms with Gasteiger partial charge in [0.05, 0.1) is 0 Å². The molecule has 6 heteroatoms. The molecule has 0 radical (unpaired) electrons. The minimum Gasteiger partial charge on any atom is -0.469 e. The molecule has 0 aromatic carbocycles. The van der Waals surface area contributed by atoms with Crippen LogP contribution < -0.4 is 0 Å². The Bertz CT molecular complexity index is 164. The SMILES string of the molecule is CCCCCCCCCCC[SiH]1O[SiH2][SiH2][SiH2][SiH2]1. The molecule has 0 aromatic rings. The van der Waals surface area contributed by atoms with Crippen molar-refractivity contribution in [1.29, 1.82) is 0 Å². The van der Waals surface area contributed by atoms with E-state index in [1.54, 1.807) is 12.5 Å². The van der Waals surface area contributed by atoms with E-state index in [0.29, 0.717) is 25.7 Å². The van der Waals surface area contributed by atoms with E-state index >= 15 is 0 Å². The van der Waals surface area contributed by atoms with Gasteiger partial charge in [0.15, 0.2) is 0 Å². The van der Waals surface area contributed by atoms with E-state index in [1.165, 1.54) is 51.4 Å². The van der Waals surface area contributed by atoms with Crippen molar-refractivity contribution in [3.8, 4) is 0 Å². The van der Waals surface area contributed by atoms with Crippen molar-refractivity contribution in [1.82, 2.24) is 0 Å². The summed E-state index contributed by atoms with van der Waals surface area (Å²) in [6.45, 7) is 2.30. The number of hydrogen-bond donors (Lipinski definition) is 0. The van der Waals surface area contributed by atoms with Gasteiger partial charge in [0, 0.05) is 17.1 Å². The zero-order valence-electron chi connectivity index (χ0n) is 11.9. The second kappa shape index (κ2) is 12.1. The third-order valence-corrected chi connectivity index (χ3v) is 61.7. The van der Waals surface area contributed by atoms with E-state index in [9.17, 15) is 0 Å². The topological polar surface area (TPSA) is 9.23 Å². The first-order valence-corrected chi connectivity index (χ1v) is 25.2. The molecule has 0 N–H and O–H groups in total. The Labute approximate surface area is 118 Å². The lowest BCUT2D eigenvalue weighted by Gasteiger charge is -2.20. The monoisotopic (exact) mass is 320 g/mol. The Balaban J connectivity index is 1.75. The molecule has 1 fully saturated rings. The maximum Gasteiger partial charge on any atom is 0.139 e. The predicted molar refractivity (Wildman–Crippen MR) is 94.4 cm³/mol. The second-order valence-electron chi connectivity index (χ2n) is 5.61. The third kappa shape index (κ3) is 9.60. The summed E-state index contributed by atoms with van der Waals surface area (Å²) in [7, 11) is 1.58. The van der Waals surface area contributed by atoms with Crippen molar-refractivity contribution < 1.29 is 4.12 Å². The van der Waals surface area contributed by atoms with Crippen LogP contribution in [0.15, 0.2) is 0 Å². The first kappa shape index (κ1) is 16.1. The summed E-state index contributed by atoms with van der Waals surface area (Å²) in [5, 5.41) is 0. The van der Waals surface area contributed by atoms with Gasteiger partial charge in [-0.25, -0.2) is 0 Å². The molecular formula is C11H32OSi5. The zero-order valence-corrected chi connectivity index (χ0v) is 18.7. The van der Waals surface area contributed by atoms with Crippen LogP contribution in [0.4, 0.5) is 0 Å². The zero-order chi connectivity index (χ0) is 12.2. The number of unbranched alkanes of at least 4 members (excludes halogenated alkanes) is 8. The Kier molecular flexibility index (Phi) is 11.5. The molecule has 1 rings (SSSR count). The van der Waals surface area contributed by atoms with Crippen LogP contribution in [0.1, 0.15) is 64.7 Å². The second-order valence-corrected chi connectivity index (χ2v) is 39.0. The Hall–Kier alpha value is 1.04. The van der Waals surface area contributed by atoms with Gasteiger partial charge < -0.3 is 4.12 Å². The van der Waals surface area contributed by atoms with Gasteiger partial charge in [0.1, 0.15) is 17.8 Å². The first-order valence-electron chi connectivity index (χ1n) is 8.05. The van der Waals surface area contributed by atoms with Crippen LogP contribution in [0.5, 0.6) is 0 Å². The fourth-order valence-corrected chi connectivity index (χ4v) is 92.2. The highest BCUT2D eigenvalue weighted by molar-refractivity contribution is 7.57. The average molecular weight is 321 g/mol. The van der Waals surface area contributed by atoms with E-state index in [-0.39, 0.29) is 9.28 Å². The van der Waals surface area contributed by atoms with E-state index in [0.717, 1.165) is 0 Å². The lowest BCUT2D eigenvalue weighted by atomic mass is 10.1. The van der Waals surface area contributed by atoms with Gasteiger partial charge in [-0.1, -0.05) is 64.7 Å². The van der Waals surface area contributed by atoms with Crippen molar-refractivity contribution in [2.45, 2.75) is 70.8 Å². The first-order chi connectivity index (χ1) is 8.43. The van der Waals surface area contributed by atoms with Crippen LogP contribution in [0.2, 0.25) is 6.04 Å². The van der Waals surface area contributed by atoms with Crippen molar-refractivity contribution in [3.63, 3.8) is 0 Å². The summed E-state index contributed by atoms with van der Waals surface area (Å²) < 4.78 is 6.19. The summed E-state index contributed by atoms with van der Waals surface area (Å²) in [6, 6.07) is 1.61. The van der Waals surface area contributed by atoms with Crippen LogP contribution in [0, 0.1) is 0 Å². The van der Waals surface area contributed by atoms with Gasteiger partial charge in [0.2, 0.25) is 0 Å².